The smallest absolute Gasteiger partial charge is 0.408 e. The number of nitrogens with zero attached hydrogens (tertiary/aromatic N) is 5. The molecule has 8 rings (SSSR count). The molecule has 1 unspecified atom stereocenters. The van der Waals surface area contributed by atoms with E-state index in [0.29, 0.717) is 23.0 Å². The molecule has 6 aromatic rings. The summed E-state index contributed by atoms with van der Waals surface area (Å²) in [6, 6.07) is 37.8. The average Bonchev–Trinajstić information content (AvgIpc) is 3.85. The van der Waals surface area contributed by atoms with E-state index in [4.69, 9.17) is 14.2 Å². The van der Waals surface area contributed by atoms with Gasteiger partial charge in [-0.2, -0.15) is 4.68 Å². The molecule has 0 radical (unpaired) electrons. The molecule has 2 fully saturated rings. The first-order chi connectivity index (χ1) is 28.8. The van der Waals surface area contributed by atoms with Crippen LogP contribution in [-0.2, 0) is 43.6 Å². The Hall–Kier alpha value is -6.39. The number of tetrazole rings is 1. The van der Waals surface area contributed by atoms with Gasteiger partial charge in [0.2, 0.25) is 11.1 Å². The second kappa shape index (κ2) is 18.0. The summed E-state index contributed by atoms with van der Waals surface area (Å²) in [5.74, 6) is -0.210. The molecule has 3 heterocycles. The number of imide groups is 1. The number of thioether (sulfide) groups is 1. The zero-order valence-electron chi connectivity index (χ0n) is 31.7. The molecule has 2 saturated heterocycles. The first-order valence-corrected chi connectivity index (χ1v) is 20.0. The predicted molar refractivity (Wildman–Crippen MR) is 216 cm³/mol. The average molecular weight is 813 g/mol. The van der Waals surface area contributed by atoms with E-state index in [-0.39, 0.29) is 50.0 Å². The van der Waals surface area contributed by atoms with Crippen molar-refractivity contribution in [2.75, 3.05) is 5.75 Å². The minimum atomic E-state index is -1.01. The summed E-state index contributed by atoms with van der Waals surface area (Å²) >= 11 is 1.45. The third kappa shape index (κ3) is 9.34. The number of phenolic OH excluding ortho intramolecular Hbond substituents is 1. The van der Waals surface area contributed by atoms with Crippen molar-refractivity contribution < 1.29 is 38.8 Å². The number of aromatic nitrogens is 4. The fraction of sp³-hybridized carbons (Fsp3) is 0.227. The van der Waals surface area contributed by atoms with Crippen LogP contribution in [0.15, 0.2) is 133 Å². The first-order valence-electron chi connectivity index (χ1n) is 19.0. The van der Waals surface area contributed by atoms with Crippen LogP contribution in [0.5, 0.6) is 5.75 Å². The lowest BCUT2D eigenvalue weighted by Crippen LogP contribution is -2.41. The predicted octanol–water partition coefficient (Wildman–Crippen LogP) is 6.42. The summed E-state index contributed by atoms with van der Waals surface area (Å²) in [6.07, 6.45) is -1.63. The Kier molecular flexibility index (Phi) is 12.1. The Morgan fingerprint density at radius 3 is 2.34 bits per heavy atom. The fourth-order valence-corrected chi connectivity index (χ4v) is 7.92. The lowest BCUT2D eigenvalue weighted by molar-refractivity contribution is -0.245. The third-order valence-corrected chi connectivity index (χ3v) is 11.2. The minimum absolute atomic E-state index is 0.0355. The zero-order valence-corrected chi connectivity index (χ0v) is 32.5. The van der Waals surface area contributed by atoms with Gasteiger partial charge in [0, 0.05) is 17.7 Å². The van der Waals surface area contributed by atoms with Crippen LogP contribution in [0.2, 0.25) is 0 Å². The highest BCUT2D eigenvalue weighted by atomic mass is 32.2. The van der Waals surface area contributed by atoms with E-state index in [2.05, 4.69) is 20.8 Å². The number of carbonyl (C=O) groups excluding carboxylic acids is 3. The van der Waals surface area contributed by atoms with Crippen molar-refractivity contribution in [3.8, 4) is 22.6 Å². The molecular formula is C44H40N6O8S. The summed E-state index contributed by atoms with van der Waals surface area (Å²) in [5.41, 5.74) is 6.53. The van der Waals surface area contributed by atoms with Crippen molar-refractivity contribution >= 4 is 29.7 Å². The van der Waals surface area contributed by atoms with Gasteiger partial charge < -0.3 is 29.7 Å². The van der Waals surface area contributed by atoms with Crippen molar-refractivity contribution in [2.24, 2.45) is 0 Å². The van der Waals surface area contributed by atoms with Crippen molar-refractivity contribution in [3.63, 3.8) is 0 Å². The number of aliphatic hydroxyl groups excluding tert-OH is 1. The number of aromatic hydroxyl groups is 1. The Bertz CT molecular complexity index is 2400. The maximum Gasteiger partial charge on any atom is 0.408 e. The van der Waals surface area contributed by atoms with E-state index in [0.717, 1.165) is 38.9 Å². The van der Waals surface area contributed by atoms with Gasteiger partial charge in [-0.3, -0.25) is 14.5 Å². The van der Waals surface area contributed by atoms with E-state index in [1.807, 2.05) is 103 Å². The maximum atomic E-state index is 13.4. The SMILES string of the molecule is O=C(NC1CC(=O)N(Cc2ccccc2-c2ccc([C@H]3O[C@@H](CSc4nnnn4-c4ccc(O)cc4)C[C@@H](c4ccc(CO)cc4)O3)cc2)C1=O)OCc1ccccc1. The van der Waals surface area contributed by atoms with Gasteiger partial charge in [-0.05, 0) is 68.1 Å². The van der Waals surface area contributed by atoms with Crippen LogP contribution in [0.4, 0.5) is 4.79 Å². The molecule has 15 heteroatoms. The molecule has 0 saturated carbocycles. The third-order valence-electron chi connectivity index (χ3n) is 10.1. The number of aliphatic hydroxyl groups is 1. The van der Waals surface area contributed by atoms with Crippen LogP contribution in [0.3, 0.4) is 0 Å². The molecule has 2 aliphatic rings. The van der Waals surface area contributed by atoms with Crippen LogP contribution in [-0.4, -0.2) is 71.1 Å². The van der Waals surface area contributed by atoms with Crippen LogP contribution >= 0.6 is 11.8 Å². The number of nitrogens with one attached hydrogen (secondary N) is 1. The Morgan fingerprint density at radius 1 is 0.847 bits per heavy atom. The second-order valence-corrected chi connectivity index (χ2v) is 15.1. The van der Waals surface area contributed by atoms with Crippen molar-refractivity contribution in [2.45, 2.75) is 62.3 Å². The molecule has 14 nitrogen and oxygen atoms in total. The van der Waals surface area contributed by atoms with Crippen LogP contribution in [0, 0.1) is 0 Å². The molecule has 0 aliphatic carbocycles. The zero-order chi connectivity index (χ0) is 40.7. The minimum Gasteiger partial charge on any atom is -0.508 e. The summed E-state index contributed by atoms with van der Waals surface area (Å²) in [7, 11) is 0. The monoisotopic (exact) mass is 812 g/mol. The number of alkyl carbamates (subject to hydrolysis) is 1. The quantitative estimate of drug-likeness (QED) is 0.0863. The number of ether oxygens (including phenoxy) is 3. The van der Waals surface area contributed by atoms with Crippen molar-refractivity contribution in [3.05, 3.63) is 155 Å². The summed E-state index contributed by atoms with van der Waals surface area (Å²) in [4.78, 5) is 40.1. The fourth-order valence-electron chi connectivity index (χ4n) is 7.01. The molecule has 5 aromatic carbocycles. The second-order valence-electron chi connectivity index (χ2n) is 14.1. The summed E-state index contributed by atoms with van der Waals surface area (Å²) in [5, 5.41) is 34.7. The number of amides is 3. The topological polar surface area (TPSA) is 178 Å². The van der Waals surface area contributed by atoms with Crippen LogP contribution in [0.25, 0.3) is 16.8 Å². The van der Waals surface area contributed by atoms with Gasteiger partial charge in [0.1, 0.15) is 18.4 Å². The first kappa shape index (κ1) is 39.4. The highest BCUT2D eigenvalue weighted by molar-refractivity contribution is 7.99. The highest BCUT2D eigenvalue weighted by Gasteiger charge is 2.40. The number of hydrogen-bond acceptors (Lipinski definition) is 12. The standard InChI is InChI=1S/C44H40N6O8S/c51-25-28-10-12-31(13-11-28)39-22-36(27-59-43-46-47-48-50(43)34-18-20-35(52)21-19-34)57-42(58-39)32-16-14-30(15-17-32)37-9-5-4-8-33(37)24-49-40(53)23-38(41(49)54)45-44(55)56-26-29-6-2-1-3-7-29/h1-21,36,38-39,42,51-52H,22-27H2,(H,45,55)/t36-,38?,39+,42+/m1/s1. The van der Waals surface area contributed by atoms with Crippen molar-refractivity contribution in [1.82, 2.24) is 30.4 Å². The Morgan fingerprint density at radius 2 is 1.58 bits per heavy atom. The Balaban J connectivity index is 0.955. The molecule has 1 aromatic heterocycles. The lowest BCUT2D eigenvalue weighted by Gasteiger charge is -2.36. The van der Waals surface area contributed by atoms with E-state index in [1.54, 1.807) is 28.9 Å². The number of carbonyl (C=O) groups is 3. The molecule has 3 N–H and O–H groups in total. The maximum absolute atomic E-state index is 13.4. The molecule has 3 amide bonds. The molecule has 0 spiro atoms. The lowest BCUT2D eigenvalue weighted by atomic mass is 9.97. The van der Waals surface area contributed by atoms with Gasteiger partial charge in [-0.15, -0.1) is 5.10 Å². The largest absolute Gasteiger partial charge is 0.508 e. The van der Waals surface area contributed by atoms with Gasteiger partial charge in [-0.1, -0.05) is 115 Å². The highest BCUT2D eigenvalue weighted by Crippen LogP contribution is 2.40. The molecule has 2 aliphatic heterocycles. The van der Waals surface area contributed by atoms with Crippen LogP contribution in [0.1, 0.15) is 53.1 Å². The van der Waals surface area contributed by atoms with Gasteiger partial charge >= 0.3 is 6.09 Å². The normalized spacial score (nSPS) is 19.2. The number of phenols is 1. The molecule has 4 atom stereocenters. The van der Waals surface area contributed by atoms with E-state index >= 15 is 0 Å². The van der Waals surface area contributed by atoms with Crippen LogP contribution < -0.4 is 5.32 Å². The molecular weight excluding hydrogens is 773 g/mol. The number of likely N-dealkylation sites (tertiary alicyclic amines) is 1. The van der Waals surface area contributed by atoms with Gasteiger partial charge in [0.05, 0.1) is 37.5 Å². The molecule has 59 heavy (non-hydrogen) atoms. The van der Waals surface area contributed by atoms with Gasteiger partial charge in [-0.25, -0.2) is 4.79 Å². The van der Waals surface area contributed by atoms with Gasteiger partial charge in [0.15, 0.2) is 6.29 Å². The van der Waals surface area contributed by atoms with E-state index in [1.165, 1.54) is 16.7 Å². The number of hydrogen-bond donors (Lipinski definition) is 3. The summed E-state index contributed by atoms with van der Waals surface area (Å²) in [6.45, 7) is 0.0197. The van der Waals surface area contributed by atoms with E-state index < -0.39 is 24.3 Å². The number of rotatable bonds is 13. The summed E-state index contributed by atoms with van der Waals surface area (Å²) < 4.78 is 20.0. The molecule has 0 bridgehead atoms. The van der Waals surface area contributed by atoms with Crippen molar-refractivity contribution in [1.29, 1.82) is 0 Å². The van der Waals surface area contributed by atoms with E-state index in [9.17, 15) is 24.6 Å². The van der Waals surface area contributed by atoms with Gasteiger partial charge in [0.25, 0.3) is 5.91 Å². The number of benzene rings is 5. The molecule has 300 valence electrons. The Labute approximate surface area is 343 Å².